The van der Waals surface area contributed by atoms with Gasteiger partial charge in [0.15, 0.2) is 0 Å². The molecule has 2 bridgehead atoms. The second kappa shape index (κ2) is 7.33. The highest BCUT2D eigenvalue weighted by atomic mass is 32.2. The average molecular weight is 424 g/mol. The van der Waals surface area contributed by atoms with Crippen molar-refractivity contribution in [2.24, 2.45) is 5.73 Å². The van der Waals surface area contributed by atoms with Crippen LogP contribution in [0, 0.1) is 0 Å². The smallest absolute Gasteiger partial charge is 0.290 e. The van der Waals surface area contributed by atoms with E-state index in [2.05, 4.69) is 10.5 Å². The first kappa shape index (κ1) is 19.5. The van der Waals surface area contributed by atoms with E-state index in [1.54, 1.807) is 14.7 Å². The number of nitrogens with one attached hydrogen (secondary N) is 1. The van der Waals surface area contributed by atoms with Crippen LogP contribution in [0.5, 0.6) is 0 Å². The number of nitrogens with zero attached hydrogens (tertiary/aromatic N) is 3. The number of aromatic nitrogens is 1. The second-order valence-corrected chi connectivity index (χ2v) is 10.8. The Labute approximate surface area is 171 Å². The molecule has 1 unspecified atom stereocenters. The molecule has 1 amide bonds. The van der Waals surface area contributed by atoms with Crippen molar-refractivity contribution < 1.29 is 17.7 Å². The fourth-order valence-corrected chi connectivity index (χ4v) is 7.17. The number of carbonyl (C=O) groups excluding carboxylic acids is 1. The van der Waals surface area contributed by atoms with Gasteiger partial charge in [0, 0.05) is 49.2 Å². The molecule has 4 aliphatic rings. The number of hydrogen-bond acceptors (Lipinski definition) is 6. The Hall–Kier alpha value is -1.49. The molecule has 4 heterocycles. The van der Waals surface area contributed by atoms with Crippen LogP contribution in [0.1, 0.15) is 73.5 Å². The highest BCUT2D eigenvalue weighted by Gasteiger charge is 2.49. The van der Waals surface area contributed by atoms with Gasteiger partial charge in [0.05, 0.1) is 5.69 Å². The van der Waals surface area contributed by atoms with Gasteiger partial charge in [-0.05, 0) is 51.4 Å². The number of fused-ring (bicyclic) bond motifs is 2. The summed E-state index contributed by atoms with van der Waals surface area (Å²) in [5.41, 5.74) is 6.79. The van der Waals surface area contributed by atoms with Gasteiger partial charge in [-0.25, -0.2) is 0 Å². The van der Waals surface area contributed by atoms with E-state index < -0.39 is 10.2 Å². The largest absolute Gasteiger partial charge is 0.351 e. The summed E-state index contributed by atoms with van der Waals surface area (Å²) in [7, 11) is -3.48. The molecule has 4 fully saturated rings. The molecule has 1 aliphatic carbocycles. The first-order chi connectivity index (χ1) is 13.9. The van der Waals surface area contributed by atoms with Crippen LogP contribution in [0.4, 0.5) is 0 Å². The average Bonchev–Trinajstić information content (AvgIpc) is 3.34. The van der Waals surface area contributed by atoms with Gasteiger partial charge >= 0.3 is 0 Å². The lowest BCUT2D eigenvalue weighted by atomic mass is 9.99. The predicted molar refractivity (Wildman–Crippen MR) is 105 cm³/mol. The van der Waals surface area contributed by atoms with Gasteiger partial charge in [-0.2, -0.15) is 17.0 Å². The predicted octanol–water partition coefficient (Wildman–Crippen LogP) is 0.945. The van der Waals surface area contributed by atoms with Crippen molar-refractivity contribution in [1.29, 1.82) is 0 Å². The number of hydrogen-bond donors (Lipinski definition) is 2. The lowest BCUT2D eigenvalue weighted by Gasteiger charge is -2.41. The molecule has 0 radical (unpaired) electrons. The number of carbonyl (C=O) groups is 1. The Morgan fingerprint density at radius 3 is 2.38 bits per heavy atom. The number of amides is 1. The van der Waals surface area contributed by atoms with Crippen LogP contribution >= 0.6 is 0 Å². The highest BCUT2D eigenvalue weighted by molar-refractivity contribution is 7.86. The van der Waals surface area contributed by atoms with E-state index in [1.807, 2.05) is 0 Å². The summed E-state index contributed by atoms with van der Waals surface area (Å²) < 4.78 is 35.0. The van der Waals surface area contributed by atoms with Crippen LogP contribution in [0.15, 0.2) is 10.6 Å². The monoisotopic (exact) mass is 423 g/mol. The minimum Gasteiger partial charge on any atom is -0.351 e. The first-order valence-electron chi connectivity index (χ1n) is 10.7. The molecule has 5 rings (SSSR count). The first-order valence-corrected chi connectivity index (χ1v) is 12.1. The molecule has 29 heavy (non-hydrogen) atoms. The quantitative estimate of drug-likeness (QED) is 0.727. The Morgan fingerprint density at radius 1 is 1.10 bits per heavy atom. The molecule has 9 nitrogen and oxygen atoms in total. The van der Waals surface area contributed by atoms with E-state index in [4.69, 9.17) is 10.3 Å². The summed E-state index contributed by atoms with van der Waals surface area (Å²) >= 11 is 0. The summed E-state index contributed by atoms with van der Waals surface area (Å²) in [5, 5.41) is 7.04. The van der Waals surface area contributed by atoms with Crippen LogP contribution in [0.25, 0.3) is 0 Å². The van der Waals surface area contributed by atoms with E-state index >= 15 is 0 Å². The fraction of sp³-hybridized carbons (Fsp3) is 0.789. The van der Waals surface area contributed by atoms with Crippen LogP contribution in [-0.2, 0) is 10.2 Å². The molecule has 0 spiro atoms. The second-order valence-electron chi connectivity index (χ2n) is 8.99. The van der Waals surface area contributed by atoms with E-state index in [9.17, 15) is 13.2 Å². The Morgan fingerprint density at radius 2 is 1.76 bits per heavy atom. The van der Waals surface area contributed by atoms with Gasteiger partial charge < -0.3 is 15.6 Å². The number of rotatable bonds is 5. The number of piperidine rings is 2. The molecule has 3 aliphatic heterocycles. The lowest BCUT2D eigenvalue weighted by molar-refractivity contribution is 0.0869. The van der Waals surface area contributed by atoms with Gasteiger partial charge in [-0.15, -0.1) is 0 Å². The van der Waals surface area contributed by atoms with Gasteiger partial charge in [0.1, 0.15) is 0 Å². The number of nitrogens with two attached hydrogens (primary N) is 1. The molecular weight excluding hydrogens is 394 g/mol. The summed E-state index contributed by atoms with van der Waals surface area (Å²) in [6.07, 6.45) is 6.59. The van der Waals surface area contributed by atoms with Gasteiger partial charge in [0.25, 0.3) is 16.1 Å². The molecule has 1 saturated carbocycles. The van der Waals surface area contributed by atoms with Crippen molar-refractivity contribution in [1.82, 2.24) is 19.1 Å². The van der Waals surface area contributed by atoms with Gasteiger partial charge in [-0.1, -0.05) is 5.16 Å². The summed E-state index contributed by atoms with van der Waals surface area (Å²) in [6, 6.07) is 1.67. The van der Waals surface area contributed by atoms with Gasteiger partial charge in [0.2, 0.25) is 5.76 Å². The zero-order valence-electron chi connectivity index (χ0n) is 16.5. The SMILES string of the molecule is NC1CCN(S(=O)(=O)N2[C@@H]3CC[C@H]2CC(NC(=O)c2cc(C4CC4)no2)C3)CC1. The van der Waals surface area contributed by atoms with Crippen LogP contribution in [0.3, 0.4) is 0 Å². The van der Waals surface area contributed by atoms with Gasteiger partial charge in [-0.3, -0.25) is 4.79 Å². The minimum atomic E-state index is -3.48. The van der Waals surface area contributed by atoms with E-state index in [0.717, 1.165) is 31.4 Å². The van der Waals surface area contributed by atoms with Crippen LogP contribution in [0.2, 0.25) is 0 Å². The minimum absolute atomic E-state index is 0.0456. The maximum atomic E-state index is 13.2. The molecule has 3 saturated heterocycles. The van der Waals surface area contributed by atoms with E-state index in [0.29, 0.717) is 44.7 Å². The van der Waals surface area contributed by atoms with Crippen molar-refractivity contribution in [2.45, 2.75) is 81.5 Å². The Kier molecular flexibility index (Phi) is 4.92. The molecule has 1 aromatic rings. The molecule has 160 valence electrons. The molecular formula is C19H29N5O4S. The molecule has 10 heteroatoms. The zero-order valence-corrected chi connectivity index (χ0v) is 17.3. The van der Waals surface area contributed by atoms with E-state index in [1.165, 1.54) is 0 Å². The molecule has 1 aromatic heterocycles. The fourth-order valence-electron chi connectivity index (χ4n) is 5.09. The Balaban J connectivity index is 1.23. The third-order valence-corrected chi connectivity index (χ3v) is 8.99. The highest BCUT2D eigenvalue weighted by Crippen LogP contribution is 2.40. The molecule has 3 N–H and O–H groups in total. The third kappa shape index (κ3) is 3.71. The maximum absolute atomic E-state index is 13.2. The van der Waals surface area contributed by atoms with Crippen molar-refractivity contribution in [2.75, 3.05) is 13.1 Å². The molecule has 3 atom stereocenters. The summed E-state index contributed by atoms with van der Waals surface area (Å²) in [4.78, 5) is 12.6. The summed E-state index contributed by atoms with van der Waals surface area (Å²) in [6.45, 7) is 0.989. The van der Waals surface area contributed by atoms with Crippen molar-refractivity contribution in [3.8, 4) is 0 Å². The zero-order chi connectivity index (χ0) is 20.2. The van der Waals surface area contributed by atoms with Crippen molar-refractivity contribution in [3.05, 3.63) is 17.5 Å². The molecule has 0 aromatic carbocycles. The van der Waals surface area contributed by atoms with Crippen molar-refractivity contribution in [3.63, 3.8) is 0 Å². The maximum Gasteiger partial charge on any atom is 0.290 e. The topological polar surface area (TPSA) is 122 Å². The van der Waals surface area contributed by atoms with Crippen molar-refractivity contribution >= 4 is 16.1 Å². The van der Waals surface area contributed by atoms with Crippen LogP contribution < -0.4 is 11.1 Å². The van der Waals surface area contributed by atoms with Crippen LogP contribution in [-0.4, -0.2) is 65.3 Å². The standard InChI is InChI=1S/C19H29N5O4S/c20-13-5-7-23(8-6-13)29(26,27)24-15-3-4-16(24)10-14(9-15)21-19(25)18-11-17(22-28-18)12-1-2-12/h11-16H,1-10,20H2,(H,21,25)/t14?,15-,16+. The third-order valence-electron chi connectivity index (χ3n) is 6.84. The summed E-state index contributed by atoms with van der Waals surface area (Å²) in [5.74, 6) is 0.433. The normalized spacial score (nSPS) is 31.8. The Bertz CT molecular complexity index is 861. The van der Waals surface area contributed by atoms with E-state index in [-0.39, 0.29) is 35.8 Å². The lowest BCUT2D eigenvalue weighted by Crippen LogP contribution is -2.57.